The molecule has 2 atom stereocenters. The molecule has 0 aromatic rings. The lowest BCUT2D eigenvalue weighted by Crippen LogP contribution is -2.30. The number of rotatable bonds is 37. The first-order valence-electron chi connectivity index (χ1n) is 21.6. The minimum atomic E-state index is -0.762. The van der Waals surface area contributed by atoms with Gasteiger partial charge in [0.05, 0.1) is 0 Å². The standard InChI is InChI=1S/C44H84O6/c1-7-40(6)32-26-20-13-9-11-14-21-27-33-42(45)48-36-41(37-49-43(46)34-28-22-17-16-19-25-31-39(4)5)50-44(47)35-29-23-15-10-8-12-18-24-30-38(2)3/h38-41H,7-37H2,1-6H3/t40?,41-/m0/s1. The van der Waals surface area contributed by atoms with Crippen molar-refractivity contribution in [2.45, 2.75) is 234 Å². The highest BCUT2D eigenvalue weighted by Gasteiger charge is 2.19. The molecule has 0 N–H and O–H groups in total. The van der Waals surface area contributed by atoms with Crippen LogP contribution in [0.5, 0.6) is 0 Å². The first kappa shape index (κ1) is 48.4. The van der Waals surface area contributed by atoms with Gasteiger partial charge in [-0.25, -0.2) is 0 Å². The van der Waals surface area contributed by atoms with E-state index in [1.165, 1.54) is 109 Å². The Hall–Kier alpha value is -1.59. The molecule has 0 heterocycles. The van der Waals surface area contributed by atoms with Gasteiger partial charge in [-0.1, -0.05) is 189 Å². The summed E-state index contributed by atoms with van der Waals surface area (Å²) in [5, 5.41) is 0. The van der Waals surface area contributed by atoms with Crippen molar-refractivity contribution in [2.24, 2.45) is 17.8 Å². The lowest BCUT2D eigenvalue weighted by molar-refractivity contribution is -0.167. The van der Waals surface area contributed by atoms with Crippen LogP contribution in [0.2, 0.25) is 0 Å². The number of carbonyl (C=O) groups excluding carboxylic acids is 3. The Bertz CT molecular complexity index is 778. The van der Waals surface area contributed by atoms with Crippen molar-refractivity contribution >= 4 is 17.9 Å². The molecule has 0 aromatic carbocycles. The van der Waals surface area contributed by atoms with Crippen molar-refractivity contribution in [2.75, 3.05) is 13.2 Å². The summed E-state index contributed by atoms with van der Waals surface area (Å²) >= 11 is 0. The van der Waals surface area contributed by atoms with Crippen LogP contribution < -0.4 is 0 Å². The van der Waals surface area contributed by atoms with Crippen molar-refractivity contribution < 1.29 is 28.6 Å². The van der Waals surface area contributed by atoms with E-state index >= 15 is 0 Å². The van der Waals surface area contributed by atoms with Gasteiger partial charge in [0, 0.05) is 19.3 Å². The number of hydrogen-bond donors (Lipinski definition) is 0. The SMILES string of the molecule is CCC(C)CCCCCCCCCCC(=O)OC[C@@H](COC(=O)CCCCCCCCC(C)C)OC(=O)CCCCCCCCCCC(C)C. The Labute approximate surface area is 310 Å². The van der Waals surface area contributed by atoms with Crippen LogP contribution in [0, 0.1) is 17.8 Å². The largest absolute Gasteiger partial charge is 0.462 e. The van der Waals surface area contributed by atoms with Crippen LogP contribution in [0.4, 0.5) is 0 Å². The second-order valence-electron chi connectivity index (χ2n) is 16.2. The van der Waals surface area contributed by atoms with Crippen molar-refractivity contribution in [3.8, 4) is 0 Å². The van der Waals surface area contributed by atoms with Gasteiger partial charge in [-0.3, -0.25) is 14.4 Å². The summed E-state index contributed by atoms with van der Waals surface area (Å²) in [6.45, 7) is 13.6. The number of carbonyl (C=O) groups is 3. The van der Waals surface area contributed by atoms with E-state index in [0.717, 1.165) is 75.5 Å². The zero-order chi connectivity index (χ0) is 37.1. The molecule has 50 heavy (non-hydrogen) atoms. The number of hydrogen-bond acceptors (Lipinski definition) is 6. The molecule has 0 aliphatic carbocycles. The minimum absolute atomic E-state index is 0.0678. The van der Waals surface area contributed by atoms with Crippen LogP contribution >= 0.6 is 0 Å². The molecule has 0 bridgehead atoms. The van der Waals surface area contributed by atoms with Crippen LogP contribution in [-0.4, -0.2) is 37.2 Å². The molecule has 0 aromatic heterocycles. The van der Waals surface area contributed by atoms with Crippen LogP contribution in [0.1, 0.15) is 228 Å². The van der Waals surface area contributed by atoms with E-state index < -0.39 is 6.10 Å². The van der Waals surface area contributed by atoms with Crippen LogP contribution in [0.3, 0.4) is 0 Å². The lowest BCUT2D eigenvalue weighted by Gasteiger charge is -2.18. The predicted octanol–water partition coefficient (Wildman–Crippen LogP) is 13.3. The normalized spacial score (nSPS) is 12.7. The summed E-state index contributed by atoms with van der Waals surface area (Å²) in [6.07, 6.45) is 31.0. The van der Waals surface area contributed by atoms with Gasteiger partial charge < -0.3 is 14.2 Å². The van der Waals surface area contributed by atoms with Gasteiger partial charge >= 0.3 is 17.9 Å². The topological polar surface area (TPSA) is 78.9 Å². The van der Waals surface area contributed by atoms with E-state index in [4.69, 9.17) is 14.2 Å². The summed E-state index contributed by atoms with van der Waals surface area (Å²) in [5.41, 5.74) is 0. The molecule has 0 spiro atoms. The zero-order valence-corrected chi connectivity index (χ0v) is 34.2. The van der Waals surface area contributed by atoms with Gasteiger partial charge in [0.25, 0.3) is 0 Å². The fourth-order valence-electron chi connectivity index (χ4n) is 6.32. The monoisotopic (exact) mass is 709 g/mol. The van der Waals surface area contributed by atoms with E-state index in [1.54, 1.807) is 0 Å². The smallest absolute Gasteiger partial charge is 0.306 e. The first-order chi connectivity index (χ1) is 24.1. The Kier molecular flexibility index (Phi) is 34.7. The minimum Gasteiger partial charge on any atom is -0.462 e. The second-order valence-corrected chi connectivity index (χ2v) is 16.2. The first-order valence-corrected chi connectivity index (χ1v) is 21.6. The summed E-state index contributed by atoms with van der Waals surface area (Å²) in [5.74, 6) is 1.53. The Morgan fingerprint density at radius 3 is 1.04 bits per heavy atom. The molecule has 296 valence electrons. The van der Waals surface area contributed by atoms with Gasteiger partial charge in [-0.15, -0.1) is 0 Å². The summed E-state index contributed by atoms with van der Waals surface area (Å²) in [4.78, 5) is 37.6. The highest BCUT2D eigenvalue weighted by Crippen LogP contribution is 2.17. The molecule has 0 saturated heterocycles. The van der Waals surface area contributed by atoms with E-state index in [2.05, 4.69) is 41.5 Å². The van der Waals surface area contributed by atoms with Crippen LogP contribution in [-0.2, 0) is 28.6 Å². The van der Waals surface area contributed by atoms with Crippen LogP contribution in [0.15, 0.2) is 0 Å². The Morgan fingerprint density at radius 2 is 0.700 bits per heavy atom. The van der Waals surface area contributed by atoms with Gasteiger partial charge in [-0.05, 0) is 37.0 Å². The van der Waals surface area contributed by atoms with Crippen molar-refractivity contribution in [3.05, 3.63) is 0 Å². The summed E-state index contributed by atoms with van der Waals surface area (Å²) < 4.78 is 16.7. The maximum absolute atomic E-state index is 12.7. The fraction of sp³-hybridized carbons (Fsp3) is 0.932. The molecule has 0 amide bonds. The quantitative estimate of drug-likeness (QED) is 0.0363. The summed E-state index contributed by atoms with van der Waals surface area (Å²) in [7, 11) is 0. The highest BCUT2D eigenvalue weighted by molar-refractivity contribution is 5.71. The number of ether oxygens (including phenoxy) is 3. The van der Waals surface area contributed by atoms with E-state index in [-0.39, 0.29) is 31.1 Å². The Balaban J connectivity index is 4.36. The van der Waals surface area contributed by atoms with Gasteiger partial charge in [0.15, 0.2) is 6.10 Å². The maximum Gasteiger partial charge on any atom is 0.306 e. The Morgan fingerprint density at radius 1 is 0.400 bits per heavy atom. The molecule has 0 aliphatic rings. The van der Waals surface area contributed by atoms with Crippen molar-refractivity contribution in [1.82, 2.24) is 0 Å². The molecule has 1 unspecified atom stereocenters. The molecule has 0 rings (SSSR count). The lowest BCUT2D eigenvalue weighted by atomic mass is 9.99. The third-order valence-corrected chi connectivity index (χ3v) is 10.0. The molecule has 0 saturated carbocycles. The van der Waals surface area contributed by atoms with E-state index in [1.807, 2.05) is 0 Å². The molecule has 0 radical (unpaired) electrons. The zero-order valence-electron chi connectivity index (χ0n) is 34.2. The van der Waals surface area contributed by atoms with Crippen molar-refractivity contribution in [3.63, 3.8) is 0 Å². The highest BCUT2D eigenvalue weighted by atomic mass is 16.6. The molecule has 6 heteroatoms. The van der Waals surface area contributed by atoms with Gasteiger partial charge in [0.2, 0.25) is 0 Å². The molecular formula is C44H84O6. The second kappa shape index (κ2) is 35.8. The number of unbranched alkanes of at least 4 members (excludes halogenated alkanes) is 19. The van der Waals surface area contributed by atoms with E-state index in [0.29, 0.717) is 19.3 Å². The average molecular weight is 709 g/mol. The van der Waals surface area contributed by atoms with Crippen molar-refractivity contribution in [1.29, 1.82) is 0 Å². The fourth-order valence-corrected chi connectivity index (χ4v) is 6.32. The van der Waals surface area contributed by atoms with Gasteiger partial charge in [-0.2, -0.15) is 0 Å². The van der Waals surface area contributed by atoms with E-state index in [9.17, 15) is 14.4 Å². The summed E-state index contributed by atoms with van der Waals surface area (Å²) in [6, 6.07) is 0. The third-order valence-electron chi connectivity index (χ3n) is 10.0. The third kappa shape index (κ3) is 36.2. The maximum atomic E-state index is 12.7. The molecule has 0 aliphatic heterocycles. The predicted molar refractivity (Wildman–Crippen MR) is 210 cm³/mol. The van der Waals surface area contributed by atoms with Crippen LogP contribution in [0.25, 0.3) is 0 Å². The molecule has 0 fully saturated rings. The average Bonchev–Trinajstić information content (AvgIpc) is 3.08. The van der Waals surface area contributed by atoms with Gasteiger partial charge in [0.1, 0.15) is 13.2 Å². The molecule has 6 nitrogen and oxygen atoms in total. The molecular weight excluding hydrogens is 624 g/mol. The number of esters is 3.